The number of hydrogen-bond acceptors (Lipinski definition) is 5. The molecule has 2 aromatic heterocycles. The van der Waals surface area contributed by atoms with E-state index in [-0.39, 0.29) is 11.5 Å². The van der Waals surface area contributed by atoms with E-state index in [4.69, 9.17) is 4.98 Å². The Labute approximate surface area is 165 Å². The van der Waals surface area contributed by atoms with Crippen LogP contribution in [0.25, 0.3) is 17.3 Å². The Morgan fingerprint density at radius 2 is 2.00 bits per heavy atom. The molecule has 9 heteroatoms. The summed E-state index contributed by atoms with van der Waals surface area (Å²) in [4.78, 5) is 28.0. The van der Waals surface area contributed by atoms with Crippen LogP contribution in [0.2, 0.25) is 0 Å². The highest BCUT2D eigenvalue weighted by molar-refractivity contribution is 6.06. The first-order chi connectivity index (χ1) is 14.0. The third-order valence-corrected chi connectivity index (χ3v) is 5.73. The van der Waals surface area contributed by atoms with Crippen LogP contribution in [0.3, 0.4) is 0 Å². The molecule has 0 saturated carbocycles. The zero-order valence-electron chi connectivity index (χ0n) is 15.7. The van der Waals surface area contributed by atoms with Crippen molar-refractivity contribution in [3.05, 3.63) is 48.4 Å². The van der Waals surface area contributed by atoms with Crippen LogP contribution in [0.1, 0.15) is 26.2 Å². The molecule has 1 unspecified atom stereocenters. The number of carbonyl (C=O) groups is 1. The molecule has 1 N–H and O–H groups in total. The maximum atomic E-state index is 13.7. The lowest BCUT2D eigenvalue weighted by Gasteiger charge is -2.41. The van der Waals surface area contributed by atoms with E-state index in [0.29, 0.717) is 29.7 Å². The predicted molar refractivity (Wildman–Crippen MR) is 103 cm³/mol. The quantitative estimate of drug-likeness (QED) is 0.735. The van der Waals surface area contributed by atoms with Crippen molar-refractivity contribution in [2.24, 2.45) is 0 Å². The molecule has 0 aliphatic carbocycles. The van der Waals surface area contributed by atoms with Gasteiger partial charge in [0.05, 0.1) is 6.20 Å². The summed E-state index contributed by atoms with van der Waals surface area (Å²) in [5.74, 6) is -0.110. The number of fused-ring (bicyclic) bond motifs is 3. The molecule has 1 fully saturated rings. The van der Waals surface area contributed by atoms with Crippen molar-refractivity contribution in [3.63, 3.8) is 0 Å². The van der Waals surface area contributed by atoms with Gasteiger partial charge in [-0.2, -0.15) is 4.98 Å². The van der Waals surface area contributed by atoms with Crippen molar-refractivity contribution in [2.45, 2.75) is 31.7 Å². The number of hydrogen-bond donors (Lipinski definition) is 1. The summed E-state index contributed by atoms with van der Waals surface area (Å²) in [5, 5.41) is 2.93. The lowest BCUT2D eigenvalue weighted by Crippen LogP contribution is -2.56. The van der Waals surface area contributed by atoms with Gasteiger partial charge < -0.3 is 10.2 Å². The van der Waals surface area contributed by atoms with Gasteiger partial charge in [-0.25, -0.2) is 18.7 Å². The summed E-state index contributed by atoms with van der Waals surface area (Å²) < 4.78 is 29.0. The normalized spacial score (nSPS) is 20.4. The maximum absolute atomic E-state index is 13.7. The molecule has 7 nitrogen and oxygen atoms in total. The van der Waals surface area contributed by atoms with Crippen LogP contribution in [-0.4, -0.2) is 37.5 Å². The van der Waals surface area contributed by atoms with Crippen molar-refractivity contribution >= 4 is 17.4 Å². The van der Waals surface area contributed by atoms with Crippen molar-refractivity contribution in [1.82, 2.24) is 19.5 Å². The van der Waals surface area contributed by atoms with Gasteiger partial charge in [0.25, 0.3) is 0 Å². The number of aromatic nitrogens is 4. The minimum absolute atomic E-state index is 0.0279. The second kappa shape index (κ2) is 6.33. The van der Waals surface area contributed by atoms with Gasteiger partial charge in [0.1, 0.15) is 28.7 Å². The average Bonchev–Trinajstić information content (AvgIpc) is 3.35. The lowest BCUT2D eigenvalue weighted by atomic mass is 9.90. The molecule has 2 aliphatic heterocycles. The van der Waals surface area contributed by atoms with Crippen molar-refractivity contribution in [1.29, 1.82) is 0 Å². The van der Waals surface area contributed by atoms with Crippen molar-refractivity contribution in [3.8, 4) is 17.3 Å². The first-order valence-corrected chi connectivity index (χ1v) is 9.48. The Bertz CT molecular complexity index is 1110. The molecule has 0 radical (unpaired) electrons. The summed E-state index contributed by atoms with van der Waals surface area (Å²) in [6.45, 7) is 2.73. The molecule has 5 rings (SSSR count). The number of nitrogens with one attached hydrogen (secondary N) is 1. The van der Waals surface area contributed by atoms with Gasteiger partial charge >= 0.3 is 0 Å². The highest BCUT2D eigenvalue weighted by atomic mass is 19.1. The molecule has 2 aliphatic rings. The highest BCUT2D eigenvalue weighted by Crippen LogP contribution is 2.43. The minimum atomic E-state index is -0.687. The summed E-state index contributed by atoms with van der Waals surface area (Å²) >= 11 is 0. The Kier molecular flexibility index (Phi) is 3.87. The molecule has 4 heterocycles. The number of carbonyl (C=O) groups excluding carboxylic acids is 1. The van der Waals surface area contributed by atoms with Crippen LogP contribution < -0.4 is 10.2 Å². The van der Waals surface area contributed by atoms with E-state index in [1.54, 1.807) is 17.0 Å². The fourth-order valence-electron chi connectivity index (χ4n) is 4.33. The van der Waals surface area contributed by atoms with Crippen molar-refractivity contribution < 1.29 is 13.6 Å². The lowest BCUT2D eigenvalue weighted by molar-refractivity contribution is -0.121. The van der Waals surface area contributed by atoms with Gasteiger partial charge in [0, 0.05) is 30.6 Å². The zero-order valence-corrected chi connectivity index (χ0v) is 15.7. The summed E-state index contributed by atoms with van der Waals surface area (Å²) in [6, 6.07) is 3.23. The maximum Gasteiger partial charge on any atom is 0.250 e. The number of amides is 1. The number of benzene rings is 1. The molecule has 1 atom stereocenters. The van der Waals surface area contributed by atoms with Crippen LogP contribution >= 0.6 is 0 Å². The first kappa shape index (κ1) is 17.7. The topological polar surface area (TPSA) is 75.9 Å². The number of imidazole rings is 1. The van der Waals surface area contributed by atoms with E-state index in [1.165, 1.54) is 18.3 Å². The van der Waals surface area contributed by atoms with Gasteiger partial charge in [0.2, 0.25) is 11.9 Å². The second-order valence-corrected chi connectivity index (χ2v) is 7.28. The zero-order chi connectivity index (χ0) is 20.2. The van der Waals surface area contributed by atoms with E-state index in [9.17, 15) is 13.6 Å². The van der Waals surface area contributed by atoms with Gasteiger partial charge in [-0.3, -0.25) is 9.36 Å². The standard InChI is InChI=1S/C20H18F2N6O/c1-2-20-4-3-6-28(20)17-15(25-18(20)29)11-24-19(26-17)27-7-5-23-16(27)12-8-13(21)10-14(22)9-12/h5,7-11H,2-4,6H2,1H3,(H,25,29). The summed E-state index contributed by atoms with van der Waals surface area (Å²) in [5.41, 5.74) is 0.247. The van der Waals surface area contributed by atoms with Gasteiger partial charge in [-0.15, -0.1) is 0 Å². The van der Waals surface area contributed by atoms with E-state index in [2.05, 4.69) is 15.3 Å². The molecule has 1 amide bonds. The van der Waals surface area contributed by atoms with Gasteiger partial charge in [0.15, 0.2) is 5.82 Å². The summed E-state index contributed by atoms with van der Waals surface area (Å²) in [6.07, 6.45) is 7.07. The van der Waals surface area contributed by atoms with Crippen molar-refractivity contribution in [2.75, 3.05) is 16.8 Å². The smallest absolute Gasteiger partial charge is 0.250 e. The number of anilines is 2. The molecular weight excluding hydrogens is 378 g/mol. The monoisotopic (exact) mass is 396 g/mol. The molecule has 148 valence electrons. The third-order valence-electron chi connectivity index (χ3n) is 5.73. The molecule has 1 aromatic carbocycles. The van der Waals surface area contributed by atoms with E-state index >= 15 is 0 Å². The fourth-order valence-corrected chi connectivity index (χ4v) is 4.33. The first-order valence-electron chi connectivity index (χ1n) is 9.48. The predicted octanol–water partition coefficient (Wildman–Crippen LogP) is 3.31. The largest absolute Gasteiger partial charge is 0.340 e. The molecule has 0 bridgehead atoms. The van der Waals surface area contributed by atoms with Crippen LogP contribution in [0, 0.1) is 11.6 Å². The van der Waals surface area contributed by atoms with Crippen LogP contribution in [0.15, 0.2) is 36.8 Å². The number of rotatable bonds is 3. The second-order valence-electron chi connectivity index (χ2n) is 7.28. The molecule has 3 aromatic rings. The van der Waals surface area contributed by atoms with E-state index in [1.807, 2.05) is 11.8 Å². The van der Waals surface area contributed by atoms with Crippen LogP contribution in [0.5, 0.6) is 0 Å². The minimum Gasteiger partial charge on any atom is -0.340 e. The average molecular weight is 396 g/mol. The Morgan fingerprint density at radius 1 is 1.21 bits per heavy atom. The fraction of sp³-hybridized carbons (Fsp3) is 0.300. The molecule has 29 heavy (non-hydrogen) atoms. The Balaban J connectivity index is 1.62. The van der Waals surface area contributed by atoms with Crippen LogP contribution in [0.4, 0.5) is 20.3 Å². The number of nitrogens with zero attached hydrogens (tertiary/aromatic N) is 5. The van der Waals surface area contributed by atoms with E-state index < -0.39 is 17.2 Å². The highest BCUT2D eigenvalue weighted by Gasteiger charge is 2.50. The SMILES string of the molecule is CCC12CCCN1c1nc(-n3ccnc3-c3cc(F)cc(F)c3)ncc1NC2=O. The van der Waals surface area contributed by atoms with Gasteiger partial charge in [-0.05, 0) is 31.4 Å². The van der Waals surface area contributed by atoms with Gasteiger partial charge in [-0.1, -0.05) is 6.92 Å². The molecular formula is C20H18F2N6O. The molecule has 0 spiro atoms. The van der Waals surface area contributed by atoms with E-state index in [0.717, 1.165) is 25.5 Å². The number of halogens is 2. The Hall–Kier alpha value is -3.36. The molecule has 1 saturated heterocycles. The third kappa shape index (κ3) is 2.60. The Morgan fingerprint density at radius 3 is 2.76 bits per heavy atom. The summed E-state index contributed by atoms with van der Waals surface area (Å²) in [7, 11) is 0. The van der Waals surface area contributed by atoms with Crippen LogP contribution in [-0.2, 0) is 4.79 Å².